The third kappa shape index (κ3) is 4.36. The lowest BCUT2D eigenvalue weighted by Crippen LogP contribution is -2.48. The molecule has 1 aromatic carbocycles. The third-order valence-electron chi connectivity index (χ3n) is 6.72. The van der Waals surface area contributed by atoms with Gasteiger partial charge in [-0.25, -0.2) is 9.97 Å². The van der Waals surface area contributed by atoms with E-state index in [9.17, 15) is 5.11 Å². The van der Waals surface area contributed by atoms with Crippen LogP contribution < -0.4 is 4.90 Å². The fourth-order valence-corrected chi connectivity index (χ4v) is 5.97. The van der Waals surface area contributed by atoms with E-state index < -0.39 is 0 Å². The number of fused-ring (bicyclic) bond motifs is 2. The highest BCUT2D eigenvalue weighted by Crippen LogP contribution is 2.36. The zero-order valence-corrected chi connectivity index (χ0v) is 20.2. The number of nitrogens with one attached hydrogen (secondary N) is 2. The lowest BCUT2D eigenvalue weighted by atomic mass is 10.1. The van der Waals surface area contributed by atoms with Gasteiger partial charge < -0.3 is 19.6 Å². The van der Waals surface area contributed by atoms with Gasteiger partial charge in [0, 0.05) is 61.6 Å². The quantitative estimate of drug-likeness (QED) is 0.287. The van der Waals surface area contributed by atoms with Crippen molar-refractivity contribution in [2.75, 3.05) is 64.0 Å². The molecule has 35 heavy (non-hydrogen) atoms. The number of aromatic amines is 1. The van der Waals surface area contributed by atoms with Gasteiger partial charge in [0.05, 0.1) is 35.1 Å². The summed E-state index contributed by atoms with van der Waals surface area (Å²) in [6, 6.07) is 8.27. The molecular formula is C24H28N8O2S. The van der Waals surface area contributed by atoms with Crippen LogP contribution in [0.1, 0.15) is 4.88 Å². The molecule has 2 aliphatic rings. The lowest BCUT2D eigenvalue weighted by molar-refractivity contribution is 0.122. The Morgan fingerprint density at radius 2 is 1.94 bits per heavy atom. The number of hydrogen-bond donors (Lipinski definition) is 3. The van der Waals surface area contributed by atoms with Crippen LogP contribution in [0.4, 0.5) is 5.82 Å². The molecule has 6 rings (SSSR count). The SMILES string of the molecule is N=C(CO)N1CCN(Cc2cc3nc(-c4cccc5[nH]ncc45)nc(N4CCOCC4)c3s2)CC1. The van der Waals surface area contributed by atoms with Crippen molar-refractivity contribution >= 4 is 44.1 Å². The molecule has 0 aliphatic carbocycles. The normalized spacial score (nSPS) is 17.5. The van der Waals surface area contributed by atoms with Crippen LogP contribution in [0.15, 0.2) is 30.5 Å². The number of benzene rings is 1. The molecule has 0 saturated carbocycles. The number of amidine groups is 1. The number of piperazine rings is 1. The third-order valence-corrected chi connectivity index (χ3v) is 7.83. The van der Waals surface area contributed by atoms with Crippen LogP contribution in [-0.2, 0) is 11.3 Å². The molecule has 2 saturated heterocycles. The number of ether oxygens (including phenoxy) is 1. The van der Waals surface area contributed by atoms with E-state index in [1.54, 1.807) is 11.3 Å². The second-order valence-corrected chi connectivity index (χ2v) is 10.0. The second kappa shape index (κ2) is 9.50. The lowest BCUT2D eigenvalue weighted by Gasteiger charge is -2.35. The molecule has 0 unspecified atom stereocenters. The number of aliphatic hydroxyl groups is 1. The van der Waals surface area contributed by atoms with E-state index in [4.69, 9.17) is 20.1 Å². The van der Waals surface area contributed by atoms with Gasteiger partial charge >= 0.3 is 0 Å². The summed E-state index contributed by atoms with van der Waals surface area (Å²) >= 11 is 1.77. The van der Waals surface area contributed by atoms with Crippen LogP contribution >= 0.6 is 11.3 Å². The molecule has 182 valence electrons. The first-order chi connectivity index (χ1) is 17.2. The van der Waals surface area contributed by atoms with E-state index in [1.165, 1.54) is 4.88 Å². The van der Waals surface area contributed by atoms with E-state index in [1.807, 2.05) is 23.2 Å². The van der Waals surface area contributed by atoms with E-state index in [2.05, 4.69) is 32.1 Å². The van der Waals surface area contributed by atoms with E-state index >= 15 is 0 Å². The molecule has 0 atom stereocenters. The second-order valence-electron chi connectivity index (χ2n) is 8.90. The van der Waals surface area contributed by atoms with Crippen LogP contribution in [0.5, 0.6) is 0 Å². The van der Waals surface area contributed by atoms with Gasteiger partial charge in [0.25, 0.3) is 0 Å². The van der Waals surface area contributed by atoms with Crippen molar-refractivity contribution in [3.05, 3.63) is 35.3 Å². The van der Waals surface area contributed by atoms with Crippen molar-refractivity contribution in [3.8, 4) is 11.4 Å². The van der Waals surface area contributed by atoms with Crippen molar-refractivity contribution < 1.29 is 9.84 Å². The number of H-pyrrole nitrogens is 1. The summed E-state index contributed by atoms with van der Waals surface area (Å²) in [5.41, 5.74) is 2.92. The number of aromatic nitrogens is 4. The van der Waals surface area contributed by atoms with Gasteiger partial charge in [0.1, 0.15) is 12.4 Å². The smallest absolute Gasteiger partial charge is 0.162 e. The minimum absolute atomic E-state index is 0.200. The van der Waals surface area contributed by atoms with E-state index in [-0.39, 0.29) is 6.61 Å². The van der Waals surface area contributed by atoms with Crippen LogP contribution in [0.2, 0.25) is 0 Å². The van der Waals surface area contributed by atoms with Crippen molar-refractivity contribution in [1.82, 2.24) is 30.0 Å². The maximum atomic E-state index is 9.25. The first-order valence-electron chi connectivity index (χ1n) is 11.9. The van der Waals surface area contributed by atoms with Gasteiger partial charge in [0.2, 0.25) is 0 Å². The Labute approximate surface area is 206 Å². The van der Waals surface area contributed by atoms with Gasteiger partial charge in [-0.3, -0.25) is 15.4 Å². The Balaban J connectivity index is 1.34. The first kappa shape index (κ1) is 22.4. The minimum Gasteiger partial charge on any atom is -0.388 e. The molecule has 4 aromatic rings. The topological polar surface area (TPSA) is 117 Å². The zero-order chi connectivity index (χ0) is 23.8. The Morgan fingerprint density at radius 3 is 2.74 bits per heavy atom. The van der Waals surface area contributed by atoms with Gasteiger partial charge in [-0.2, -0.15) is 5.10 Å². The number of rotatable bonds is 5. The predicted octanol–water partition coefficient (Wildman–Crippen LogP) is 2.16. The number of hydrogen-bond acceptors (Lipinski definition) is 9. The highest BCUT2D eigenvalue weighted by atomic mass is 32.1. The molecule has 0 bridgehead atoms. The van der Waals surface area contributed by atoms with Gasteiger partial charge in [-0.1, -0.05) is 12.1 Å². The van der Waals surface area contributed by atoms with Crippen LogP contribution in [-0.4, -0.2) is 100.0 Å². The first-order valence-corrected chi connectivity index (χ1v) is 12.7. The van der Waals surface area contributed by atoms with E-state index in [0.29, 0.717) is 24.9 Å². The fraction of sp³-hybridized carbons (Fsp3) is 0.417. The Kier molecular flexibility index (Phi) is 6.06. The monoisotopic (exact) mass is 492 g/mol. The highest BCUT2D eigenvalue weighted by Gasteiger charge is 2.23. The minimum atomic E-state index is -0.200. The summed E-state index contributed by atoms with van der Waals surface area (Å²) in [7, 11) is 0. The molecule has 3 aromatic heterocycles. The molecule has 3 N–H and O–H groups in total. The van der Waals surface area contributed by atoms with Crippen molar-refractivity contribution in [3.63, 3.8) is 0 Å². The summed E-state index contributed by atoms with van der Waals surface area (Å²) in [5, 5.41) is 25.4. The Morgan fingerprint density at radius 1 is 1.11 bits per heavy atom. The maximum absolute atomic E-state index is 9.25. The number of aliphatic hydroxyl groups excluding tert-OH is 1. The average molecular weight is 493 g/mol. The van der Waals surface area contributed by atoms with Gasteiger partial charge in [0.15, 0.2) is 11.6 Å². The van der Waals surface area contributed by atoms with Crippen LogP contribution in [0.25, 0.3) is 32.5 Å². The van der Waals surface area contributed by atoms with Crippen molar-refractivity contribution in [2.45, 2.75) is 6.54 Å². The number of anilines is 1. The summed E-state index contributed by atoms with van der Waals surface area (Å²) in [6.45, 7) is 6.93. The number of thiophene rings is 1. The highest BCUT2D eigenvalue weighted by molar-refractivity contribution is 7.19. The number of nitrogens with zero attached hydrogens (tertiary/aromatic N) is 6. The molecule has 0 spiro atoms. The molecular weight excluding hydrogens is 464 g/mol. The molecule has 0 radical (unpaired) electrons. The van der Waals surface area contributed by atoms with Crippen LogP contribution in [0, 0.1) is 5.41 Å². The zero-order valence-electron chi connectivity index (χ0n) is 19.4. The molecule has 11 heteroatoms. The summed E-state index contributed by atoms with van der Waals surface area (Å²) in [6.07, 6.45) is 1.84. The van der Waals surface area contributed by atoms with Crippen LogP contribution in [0.3, 0.4) is 0 Å². The Hall–Kier alpha value is -3.12. The van der Waals surface area contributed by atoms with Gasteiger partial charge in [-0.05, 0) is 12.1 Å². The molecule has 2 fully saturated rings. The molecule has 0 amide bonds. The fourth-order valence-electron chi connectivity index (χ4n) is 4.81. The maximum Gasteiger partial charge on any atom is 0.162 e. The summed E-state index contributed by atoms with van der Waals surface area (Å²) in [4.78, 5) is 18.0. The van der Waals surface area contributed by atoms with Crippen molar-refractivity contribution in [1.29, 1.82) is 5.41 Å². The average Bonchev–Trinajstić information content (AvgIpc) is 3.55. The van der Waals surface area contributed by atoms with Gasteiger partial charge in [-0.15, -0.1) is 11.3 Å². The standard InChI is InChI=1S/C24H28N8O2S/c25-21(15-33)31-6-4-30(5-7-31)14-16-12-20-22(35-16)24(32-8-10-34-11-9-32)28-23(27-20)17-2-1-3-19-18(17)13-26-29-19/h1-3,12-13,25,33H,4-11,14-15H2,(H,26,29). The molecule has 10 nitrogen and oxygen atoms in total. The largest absolute Gasteiger partial charge is 0.388 e. The summed E-state index contributed by atoms with van der Waals surface area (Å²) < 4.78 is 6.72. The molecule has 2 aliphatic heterocycles. The molecule has 5 heterocycles. The predicted molar refractivity (Wildman–Crippen MR) is 137 cm³/mol. The summed E-state index contributed by atoms with van der Waals surface area (Å²) in [5.74, 6) is 2.00. The van der Waals surface area contributed by atoms with Crippen molar-refractivity contribution in [2.24, 2.45) is 0 Å². The number of morpholine rings is 1. The van der Waals surface area contributed by atoms with E-state index in [0.717, 1.165) is 78.3 Å². The Bertz CT molecular complexity index is 1350.